The van der Waals surface area contributed by atoms with E-state index in [4.69, 9.17) is 11.6 Å². The molecule has 2 nitrogen and oxygen atoms in total. The van der Waals surface area contributed by atoms with E-state index in [0.29, 0.717) is 12.0 Å². The third kappa shape index (κ3) is 3.25. The molecule has 0 amide bonds. The maximum Gasteiger partial charge on any atom is 0.0552 e. The molecule has 3 atom stereocenters. The van der Waals surface area contributed by atoms with Crippen LogP contribution in [0.15, 0.2) is 24.3 Å². The molecule has 1 fully saturated rings. The minimum Gasteiger partial charge on any atom is -0.393 e. The molecule has 0 aliphatic carbocycles. The standard InChI is InChI=1S/C15H22ClNO/c1-11(13-5-3-7-15(16)9-13)17-8-4-6-14(10-17)12(2)18/h3,5,7,9,11-12,14,18H,4,6,8,10H2,1-2H3. The van der Waals surface area contributed by atoms with Crippen LogP contribution in [-0.2, 0) is 0 Å². The van der Waals surface area contributed by atoms with Crippen molar-refractivity contribution < 1.29 is 5.11 Å². The van der Waals surface area contributed by atoms with Crippen LogP contribution in [-0.4, -0.2) is 29.2 Å². The number of likely N-dealkylation sites (tertiary alicyclic amines) is 1. The van der Waals surface area contributed by atoms with Crippen molar-refractivity contribution in [1.82, 2.24) is 4.90 Å². The molecule has 1 heterocycles. The first-order valence-corrected chi connectivity index (χ1v) is 7.13. The van der Waals surface area contributed by atoms with Gasteiger partial charge >= 0.3 is 0 Å². The molecule has 0 bridgehead atoms. The molecule has 0 saturated carbocycles. The van der Waals surface area contributed by atoms with E-state index >= 15 is 0 Å². The summed E-state index contributed by atoms with van der Waals surface area (Å²) in [5.41, 5.74) is 1.26. The fourth-order valence-electron chi connectivity index (χ4n) is 2.76. The summed E-state index contributed by atoms with van der Waals surface area (Å²) < 4.78 is 0. The summed E-state index contributed by atoms with van der Waals surface area (Å²) in [5.74, 6) is 0.403. The number of piperidine rings is 1. The number of nitrogens with zero attached hydrogens (tertiary/aromatic N) is 1. The SMILES string of the molecule is CC(O)C1CCCN(C(C)c2cccc(Cl)c2)C1. The maximum atomic E-state index is 9.74. The van der Waals surface area contributed by atoms with Crippen LogP contribution in [0, 0.1) is 5.92 Å². The van der Waals surface area contributed by atoms with Gasteiger partial charge in [-0.2, -0.15) is 0 Å². The van der Waals surface area contributed by atoms with E-state index in [1.165, 1.54) is 12.0 Å². The van der Waals surface area contributed by atoms with E-state index in [2.05, 4.69) is 17.9 Å². The topological polar surface area (TPSA) is 23.5 Å². The molecule has 0 spiro atoms. The quantitative estimate of drug-likeness (QED) is 0.906. The van der Waals surface area contributed by atoms with Gasteiger partial charge in [-0.15, -0.1) is 0 Å². The second kappa shape index (κ2) is 6.05. The van der Waals surface area contributed by atoms with Gasteiger partial charge in [0.1, 0.15) is 0 Å². The van der Waals surface area contributed by atoms with Gasteiger partial charge in [-0.1, -0.05) is 23.7 Å². The van der Waals surface area contributed by atoms with Crippen LogP contribution in [0.25, 0.3) is 0 Å². The Bertz CT molecular complexity index is 394. The number of benzene rings is 1. The van der Waals surface area contributed by atoms with Crippen molar-refractivity contribution in [2.24, 2.45) is 5.92 Å². The highest BCUT2D eigenvalue weighted by Crippen LogP contribution is 2.29. The lowest BCUT2D eigenvalue weighted by atomic mass is 9.91. The van der Waals surface area contributed by atoms with E-state index in [0.717, 1.165) is 24.5 Å². The largest absolute Gasteiger partial charge is 0.393 e. The third-order valence-electron chi connectivity index (χ3n) is 4.05. The second-order valence-electron chi connectivity index (χ2n) is 5.37. The van der Waals surface area contributed by atoms with Gasteiger partial charge in [0.25, 0.3) is 0 Å². The van der Waals surface area contributed by atoms with Crippen LogP contribution >= 0.6 is 11.6 Å². The molecule has 3 unspecified atom stereocenters. The van der Waals surface area contributed by atoms with Crippen LogP contribution in [0.2, 0.25) is 5.02 Å². The van der Waals surface area contributed by atoms with Crippen LogP contribution in [0.4, 0.5) is 0 Å². The summed E-state index contributed by atoms with van der Waals surface area (Å²) in [4.78, 5) is 2.45. The zero-order chi connectivity index (χ0) is 13.1. The third-order valence-corrected chi connectivity index (χ3v) is 4.29. The molecule has 0 aromatic heterocycles. The van der Waals surface area contributed by atoms with Gasteiger partial charge < -0.3 is 5.11 Å². The molecule has 100 valence electrons. The van der Waals surface area contributed by atoms with Crippen LogP contribution < -0.4 is 0 Å². The average molecular weight is 268 g/mol. The normalized spacial score (nSPS) is 24.8. The van der Waals surface area contributed by atoms with E-state index in [9.17, 15) is 5.11 Å². The van der Waals surface area contributed by atoms with Gasteiger partial charge in [0.05, 0.1) is 6.10 Å². The summed E-state index contributed by atoms with van der Waals surface area (Å²) in [7, 11) is 0. The first kappa shape index (κ1) is 13.9. The number of hydrogen-bond acceptors (Lipinski definition) is 2. The molecule has 1 aliphatic rings. The van der Waals surface area contributed by atoms with Gasteiger partial charge in [0.15, 0.2) is 0 Å². The summed E-state index contributed by atoms with van der Waals surface area (Å²) in [6.45, 7) is 6.20. The molecule has 18 heavy (non-hydrogen) atoms. The van der Waals surface area contributed by atoms with E-state index in [1.54, 1.807) is 0 Å². The molecule has 1 aromatic rings. The van der Waals surface area contributed by atoms with Crippen molar-refractivity contribution in [2.75, 3.05) is 13.1 Å². The van der Waals surface area contributed by atoms with Crippen molar-refractivity contribution in [3.05, 3.63) is 34.9 Å². The second-order valence-corrected chi connectivity index (χ2v) is 5.81. The van der Waals surface area contributed by atoms with Crippen LogP contribution in [0.3, 0.4) is 0 Å². The molecule has 0 radical (unpaired) electrons. The van der Waals surface area contributed by atoms with Crippen molar-refractivity contribution >= 4 is 11.6 Å². The fourth-order valence-corrected chi connectivity index (χ4v) is 2.96. The Balaban J connectivity index is 2.06. The van der Waals surface area contributed by atoms with Gasteiger partial charge in [-0.3, -0.25) is 4.90 Å². The minimum atomic E-state index is -0.209. The number of rotatable bonds is 3. The van der Waals surface area contributed by atoms with Gasteiger partial charge in [0.2, 0.25) is 0 Å². The van der Waals surface area contributed by atoms with Crippen molar-refractivity contribution in [2.45, 2.75) is 38.8 Å². The van der Waals surface area contributed by atoms with Gasteiger partial charge in [-0.25, -0.2) is 0 Å². The molecule has 3 heteroatoms. The van der Waals surface area contributed by atoms with Crippen molar-refractivity contribution in [3.8, 4) is 0 Å². The smallest absolute Gasteiger partial charge is 0.0552 e. The minimum absolute atomic E-state index is 0.209. The predicted octanol–water partition coefficient (Wildman–Crippen LogP) is 3.49. The Kier molecular flexibility index (Phi) is 4.66. The summed E-state index contributed by atoms with van der Waals surface area (Å²) in [5, 5.41) is 10.5. The Labute approximate surface area is 115 Å². The predicted molar refractivity (Wildman–Crippen MR) is 75.8 cm³/mol. The lowest BCUT2D eigenvalue weighted by molar-refractivity contribution is 0.0471. The van der Waals surface area contributed by atoms with Gasteiger partial charge in [0, 0.05) is 17.6 Å². The van der Waals surface area contributed by atoms with E-state index in [1.807, 2.05) is 25.1 Å². The molecule has 2 rings (SSSR count). The first-order chi connectivity index (χ1) is 8.58. The highest BCUT2D eigenvalue weighted by atomic mass is 35.5. The van der Waals surface area contributed by atoms with Crippen molar-refractivity contribution in [1.29, 1.82) is 0 Å². The zero-order valence-corrected chi connectivity index (χ0v) is 11.9. The lowest BCUT2D eigenvalue weighted by Gasteiger charge is -2.38. The number of halogens is 1. The average Bonchev–Trinajstić information content (AvgIpc) is 2.38. The first-order valence-electron chi connectivity index (χ1n) is 6.75. The fraction of sp³-hybridized carbons (Fsp3) is 0.600. The summed E-state index contributed by atoms with van der Waals surface area (Å²) in [6, 6.07) is 8.45. The Morgan fingerprint density at radius 1 is 1.39 bits per heavy atom. The molecule has 1 saturated heterocycles. The molecular weight excluding hydrogens is 246 g/mol. The van der Waals surface area contributed by atoms with E-state index < -0.39 is 0 Å². The Hall–Kier alpha value is -0.570. The molecule has 1 aromatic carbocycles. The molecule has 1 N–H and O–H groups in total. The van der Waals surface area contributed by atoms with Gasteiger partial charge in [-0.05, 0) is 56.8 Å². The monoisotopic (exact) mass is 267 g/mol. The Morgan fingerprint density at radius 2 is 2.17 bits per heavy atom. The van der Waals surface area contributed by atoms with Crippen LogP contribution in [0.1, 0.15) is 38.3 Å². The number of hydrogen-bond donors (Lipinski definition) is 1. The summed E-state index contributed by atoms with van der Waals surface area (Å²) in [6.07, 6.45) is 2.09. The number of aliphatic hydroxyl groups is 1. The number of aliphatic hydroxyl groups excluding tert-OH is 1. The van der Waals surface area contributed by atoms with E-state index in [-0.39, 0.29) is 6.10 Å². The Morgan fingerprint density at radius 3 is 2.83 bits per heavy atom. The maximum absolute atomic E-state index is 9.74. The zero-order valence-electron chi connectivity index (χ0n) is 11.1. The lowest BCUT2D eigenvalue weighted by Crippen LogP contribution is -2.40. The molecular formula is C15H22ClNO. The summed E-state index contributed by atoms with van der Waals surface area (Å²) >= 11 is 6.05. The van der Waals surface area contributed by atoms with Crippen molar-refractivity contribution in [3.63, 3.8) is 0 Å². The van der Waals surface area contributed by atoms with Crippen LogP contribution in [0.5, 0.6) is 0 Å². The molecule has 1 aliphatic heterocycles. The highest BCUT2D eigenvalue weighted by molar-refractivity contribution is 6.30. The highest BCUT2D eigenvalue weighted by Gasteiger charge is 2.26.